The van der Waals surface area contributed by atoms with E-state index in [2.05, 4.69) is 20.6 Å². The highest BCUT2D eigenvalue weighted by atomic mass is 32.2. The van der Waals surface area contributed by atoms with Gasteiger partial charge in [-0.2, -0.15) is 0 Å². The number of benzene rings is 2. The number of aliphatic imine (C=N–C) groups is 1. The lowest BCUT2D eigenvalue weighted by molar-refractivity contribution is 0.593. The van der Waals surface area contributed by atoms with Gasteiger partial charge in [0, 0.05) is 36.7 Å². The topological polar surface area (TPSA) is 86.3 Å². The van der Waals surface area contributed by atoms with Crippen molar-refractivity contribution in [3.8, 4) is 0 Å². The summed E-state index contributed by atoms with van der Waals surface area (Å²) in [5, 5.41) is 7.44. The van der Waals surface area contributed by atoms with Crippen LogP contribution >= 0.6 is 0 Å². The van der Waals surface area contributed by atoms with Gasteiger partial charge in [-0.3, -0.25) is 4.99 Å². The summed E-state index contributed by atoms with van der Waals surface area (Å²) < 4.78 is 38.0. The first-order chi connectivity index (χ1) is 14.5. The van der Waals surface area contributed by atoms with Crippen molar-refractivity contribution in [1.82, 2.24) is 15.6 Å². The van der Waals surface area contributed by atoms with E-state index < -0.39 is 9.84 Å². The Labute approximate surface area is 176 Å². The van der Waals surface area contributed by atoms with E-state index in [1.165, 1.54) is 12.1 Å². The normalized spacial score (nSPS) is 12.3. The third kappa shape index (κ3) is 5.82. The molecule has 0 atom stereocenters. The number of aromatic nitrogens is 1. The van der Waals surface area contributed by atoms with Gasteiger partial charge in [0.05, 0.1) is 10.6 Å². The van der Waals surface area contributed by atoms with Gasteiger partial charge in [-0.1, -0.05) is 18.2 Å². The van der Waals surface area contributed by atoms with Gasteiger partial charge in [0.25, 0.3) is 0 Å². The first-order valence-corrected chi connectivity index (χ1v) is 11.7. The average molecular weight is 431 g/mol. The van der Waals surface area contributed by atoms with Gasteiger partial charge >= 0.3 is 0 Å². The van der Waals surface area contributed by atoms with E-state index in [9.17, 15) is 12.8 Å². The highest BCUT2D eigenvalue weighted by Gasteiger charge is 2.13. The Hall–Kier alpha value is -2.87. The van der Waals surface area contributed by atoms with Gasteiger partial charge < -0.3 is 15.6 Å². The smallest absolute Gasteiger partial charge is 0.191 e. The maximum atomic E-state index is 13.3. The second-order valence-corrected chi connectivity index (χ2v) is 9.04. The van der Waals surface area contributed by atoms with E-state index in [0.29, 0.717) is 36.9 Å². The molecule has 0 aliphatic carbocycles. The number of aromatic amines is 1. The number of rotatable bonds is 9. The SMILES string of the molecule is CCNC(=NCCCS(=O)(=O)c1ccccc1)NCCc1c[nH]c2cc(F)ccc12. The van der Waals surface area contributed by atoms with Crippen LogP contribution in [-0.2, 0) is 16.3 Å². The molecule has 6 nitrogen and oxygen atoms in total. The summed E-state index contributed by atoms with van der Waals surface area (Å²) >= 11 is 0. The van der Waals surface area contributed by atoms with Crippen LogP contribution in [0.15, 0.2) is 64.6 Å². The molecule has 3 rings (SSSR count). The van der Waals surface area contributed by atoms with Crippen LogP contribution in [0.2, 0.25) is 0 Å². The predicted octanol–water partition coefficient (Wildman–Crippen LogP) is 3.27. The van der Waals surface area contributed by atoms with Gasteiger partial charge in [0.15, 0.2) is 15.8 Å². The zero-order valence-electron chi connectivity index (χ0n) is 17.0. The monoisotopic (exact) mass is 430 g/mol. The molecule has 0 radical (unpaired) electrons. The van der Waals surface area contributed by atoms with Crippen LogP contribution in [0.25, 0.3) is 10.9 Å². The minimum atomic E-state index is -3.28. The fraction of sp³-hybridized carbons (Fsp3) is 0.318. The fourth-order valence-corrected chi connectivity index (χ4v) is 4.53. The molecule has 0 unspecified atom stereocenters. The highest BCUT2D eigenvalue weighted by Crippen LogP contribution is 2.19. The number of guanidine groups is 1. The molecule has 3 N–H and O–H groups in total. The minimum Gasteiger partial charge on any atom is -0.361 e. The summed E-state index contributed by atoms with van der Waals surface area (Å²) in [6.07, 6.45) is 3.09. The van der Waals surface area contributed by atoms with E-state index >= 15 is 0 Å². The van der Waals surface area contributed by atoms with Crippen molar-refractivity contribution in [3.05, 3.63) is 66.1 Å². The molecule has 0 saturated heterocycles. The molecule has 2 aromatic carbocycles. The molecule has 160 valence electrons. The number of nitrogens with zero attached hydrogens (tertiary/aromatic N) is 1. The number of hydrogen-bond donors (Lipinski definition) is 3. The largest absolute Gasteiger partial charge is 0.361 e. The first kappa shape index (κ1) is 21.8. The summed E-state index contributed by atoms with van der Waals surface area (Å²) in [7, 11) is -3.28. The zero-order valence-corrected chi connectivity index (χ0v) is 17.8. The molecule has 0 saturated carbocycles. The summed E-state index contributed by atoms with van der Waals surface area (Å²) in [6, 6.07) is 13.2. The third-order valence-corrected chi connectivity index (χ3v) is 6.52. The molecule has 1 heterocycles. The molecule has 0 aliphatic heterocycles. The van der Waals surface area contributed by atoms with Crippen molar-refractivity contribution < 1.29 is 12.8 Å². The predicted molar refractivity (Wildman–Crippen MR) is 119 cm³/mol. The molecule has 0 amide bonds. The van der Waals surface area contributed by atoms with Crippen LogP contribution in [0.4, 0.5) is 4.39 Å². The van der Waals surface area contributed by atoms with Crippen molar-refractivity contribution >= 4 is 26.7 Å². The molecular formula is C22H27FN4O2S. The van der Waals surface area contributed by atoms with Crippen LogP contribution in [0.3, 0.4) is 0 Å². The van der Waals surface area contributed by atoms with Gasteiger partial charge in [0.1, 0.15) is 5.82 Å². The molecule has 0 bridgehead atoms. The average Bonchev–Trinajstić information content (AvgIpc) is 3.13. The zero-order chi connectivity index (χ0) is 21.4. The molecule has 0 aliphatic rings. The summed E-state index contributed by atoms with van der Waals surface area (Å²) in [5.41, 5.74) is 1.88. The molecule has 0 spiro atoms. The Kier molecular flexibility index (Phi) is 7.46. The van der Waals surface area contributed by atoms with Crippen molar-refractivity contribution in [2.45, 2.75) is 24.7 Å². The number of sulfone groups is 1. The Balaban J connectivity index is 1.50. The fourth-order valence-electron chi connectivity index (χ4n) is 3.21. The van der Waals surface area contributed by atoms with Crippen molar-refractivity contribution in [1.29, 1.82) is 0 Å². The maximum absolute atomic E-state index is 13.3. The molecule has 8 heteroatoms. The second-order valence-electron chi connectivity index (χ2n) is 6.93. The van der Waals surface area contributed by atoms with E-state index in [0.717, 1.165) is 22.9 Å². The lowest BCUT2D eigenvalue weighted by atomic mass is 10.1. The Morgan fingerprint density at radius 1 is 1.13 bits per heavy atom. The quantitative estimate of drug-likeness (QED) is 0.276. The van der Waals surface area contributed by atoms with Gasteiger partial charge in [-0.05, 0) is 55.7 Å². The number of halogens is 1. The molecule has 0 fully saturated rings. The summed E-state index contributed by atoms with van der Waals surface area (Å²) in [6.45, 7) is 3.75. The standard InChI is InChI=1S/C22H27FN4O2S/c1-2-24-22(25-12-6-14-30(28,29)19-7-4-3-5-8-19)26-13-11-17-16-27-21-15-18(23)9-10-20(17)21/h3-5,7-10,15-16,27H,2,6,11-14H2,1H3,(H2,24,25,26). The van der Waals surface area contributed by atoms with Crippen LogP contribution < -0.4 is 10.6 Å². The van der Waals surface area contributed by atoms with E-state index in [-0.39, 0.29) is 11.6 Å². The lowest BCUT2D eigenvalue weighted by Gasteiger charge is -2.11. The van der Waals surface area contributed by atoms with Crippen molar-refractivity contribution in [2.75, 3.05) is 25.4 Å². The van der Waals surface area contributed by atoms with Gasteiger partial charge in [-0.15, -0.1) is 0 Å². The Morgan fingerprint density at radius 3 is 2.70 bits per heavy atom. The first-order valence-electron chi connectivity index (χ1n) is 10.0. The Morgan fingerprint density at radius 2 is 1.93 bits per heavy atom. The third-order valence-electron chi connectivity index (χ3n) is 4.70. The summed E-state index contributed by atoms with van der Waals surface area (Å²) in [4.78, 5) is 7.91. The number of nitrogens with one attached hydrogen (secondary N) is 3. The van der Waals surface area contributed by atoms with Crippen LogP contribution in [-0.4, -0.2) is 44.7 Å². The lowest BCUT2D eigenvalue weighted by Crippen LogP contribution is -2.38. The Bertz CT molecular complexity index is 1090. The molecule has 1 aromatic heterocycles. The van der Waals surface area contributed by atoms with E-state index in [1.54, 1.807) is 36.4 Å². The molecule has 3 aromatic rings. The molecule has 30 heavy (non-hydrogen) atoms. The summed E-state index contributed by atoms with van der Waals surface area (Å²) in [5.74, 6) is 0.455. The van der Waals surface area contributed by atoms with Crippen molar-refractivity contribution in [3.63, 3.8) is 0 Å². The van der Waals surface area contributed by atoms with E-state index in [4.69, 9.17) is 0 Å². The van der Waals surface area contributed by atoms with Crippen LogP contribution in [0.1, 0.15) is 18.9 Å². The van der Waals surface area contributed by atoms with Crippen molar-refractivity contribution in [2.24, 2.45) is 4.99 Å². The van der Waals surface area contributed by atoms with Crippen LogP contribution in [0.5, 0.6) is 0 Å². The van der Waals surface area contributed by atoms with Gasteiger partial charge in [0.2, 0.25) is 0 Å². The minimum absolute atomic E-state index is 0.0613. The molecular weight excluding hydrogens is 403 g/mol. The van der Waals surface area contributed by atoms with Crippen LogP contribution in [0, 0.1) is 5.82 Å². The number of H-pyrrole nitrogens is 1. The van der Waals surface area contributed by atoms with Gasteiger partial charge in [-0.25, -0.2) is 12.8 Å². The highest BCUT2D eigenvalue weighted by molar-refractivity contribution is 7.91. The maximum Gasteiger partial charge on any atom is 0.191 e. The second kappa shape index (κ2) is 10.2. The van der Waals surface area contributed by atoms with E-state index in [1.807, 2.05) is 13.1 Å². The number of hydrogen-bond acceptors (Lipinski definition) is 3. The number of fused-ring (bicyclic) bond motifs is 1.